The number of hydrogen-bond donors (Lipinski definition) is 1. The van der Waals surface area contributed by atoms with Gasteiger partial charge in [-0.1, -0.05) is 6.92 Å². The summed E-state index contributed by atoms with van der Waals surface area (Å²) in [6, 6.07) is 0.277. The van der Waals surface area contributed by atoms with E-state index in [0.717, 1.165) is 26.1 Å². The minimum Gasteiger partial charge on any atom is -0.317 e. The highest BCUT2D eigenvalue weighted by Crippen LogP contribution is 2.14. The fourth-order valence-electron chi connectivity index (χ4n) is 2.14. The predicted octanol–water partition coefficient (Wildman–Crippen LogP) is -0.201. The van der Waals surface area contributed by atoms with Crippen molar-refractivity contribution in [1.82, 2.24) is 18.8 Å². The van der Waals surface area contributed by atoms with Gasteiger partial charge in [0.1, 0.15) is 0 Å². The monoisotopic (exact) mass is 292 g/mol. The van der Waals surface area contributed by atoms with Crippen LogP contribution in [0.1, 0.15) is 20.3 Å². The average Bonchev–Trinajstić information content (AvgIpc) is 2.37. The minimum absolute atomic E-state index is 0.277. The molecule has 1 aliphatic heterocycles. The molecule has 7 heteroatoms. The van der Waals surface area contributed by atoms with Crippen LogP contribution in [-0.2, 0) is 10.2 Å². The van der Waals surface area contributed by atoms with Gasteiger partial charge in [0.25, 0.3) is 10.2 Å². The lowest BCUT2D eigenvalue weighted by Gasteiger charge is -2.38. The highest BCUT2D eigenvalue weighted by atomic mass is 32.2. The van der Waals surface area contributed by atoms with Crippen LogP contribution in [0.5, 0.6) is 0 Å². The maximum Gasteiger partial charge on any atom is 0.281 e. The molecule has 0 aromatic carbocycles. The molecule has 1 unspecified atom stereocenters. The maximum absolute atomic E-state index is 12.4. The fourth-order valence-corrected chi connectivity index (χ4v) is 3.61. The summed E-state index contributed by atoms with van der Waals surface area (Å²) in [5, 5.41) is 3.21. The van der Waals surface area contributed by atoms with E-state index in [9.17, 15) is 8.42 Å². The maximum atomic E-state index is 12.4. The zero-order chi connectivity index (χ0) is 14.5. The van der Waals surface area contributed by atoms with Crippen molar-refractivity contribution in [2.45, 2.75) is 26.3 Å². The first-order chi connectivity index (χ1) is 8.89. The van der Waals surface area contributed by atoms with Gasteiger partial charge in [0, 0.05) is 39.3 Å². The molecule has 0 aliphatic carbocycles. The average molecular weight is 292 g/mol. The third kappa shape index (κ3) is 4.68. The molecule has 0 aromatic rings. The van der Waals surface area contributed by atoms with E-state index in [4.69, 9.17) is 0 Å². The lowest BCUT2D eigenvalue weighted by molar-refractivity contribution is 0.154. The zero-order valence-electron chi connectivity index (χ0n) is 12.6. The molecular formula is C12H28N4O2S. The van der Waals surface area contributed by atoms with Gasteiger partial charge in [0.05, 0.1) is 0 Å². The van der Waals surface area contributed by atoms with Crippen molar-refractivity contribution >= 4 is 10.2 Å². The topological polar surface area (TPSA) is 55.9 Å². The van der Waals surface area contributed by atoms with Crippen LogP contribution in [0, 0.1) is 0 Å². The van der Waals surface area contributed by atoms with Crippen LogP contribution in [-0.4, -0.2) is 81.3 Å². The Morgan fingerprint density at radius 1 is 1.37 bits per heavy atom. The van der Waals surface area contributed by atoms with Gasteiger partial charge >= 0.3 is 0 Å². The van der Waals surface area contributed by atoms with Crippen molar-refractivity contribution in [3.8, 4) is 0 Å². The first-order valence-corrected chi connectivity index (χ1v) is 8.41. The van der Waals surface area contributed by atoms with E-state index in [-0.39, 0.29) is 6.04 Å². The highest BCUT2D eigenvalue weighted by Gasteiger charge is 2.31. The van der Waals surface area contributed by atoms with Crippen LogP contribution < -0.4 is 5.32 Å². The molecule has 0 bridgehead atoms. The largest absolute Gasteiger partial charge is 0.317 e. The van der Waals surface area contributed by atoms with E-state index in [1.54, 1.807) is 11.4 Å². The van der Waals surface area contributed by atoms with Crippen molar-refractivity contribution in [3.63, 3.8) is 0 Å². The van der Waals surface area contributed by atoms with E-state index in [2.05, 4.69) is 17.1 Å². The Hall–Kier alpha value is -0.210. The molecule has 114 valence electrons. The van der Waals surface area contributed by atoms with Crippen molar-refractivity contribution in [2.75, 3.05) is 53.4 Å². The number of likely N-dealkylation sites (N-methyl/N-ethyl adjacent to an activating group) is 1. The predicted molar refractivity (Wildman–Crippen MR) is 78.4 cm³/mol. The Morgan fingerprint density at radius 3 is 2.63 bits per heavy atom. The van der Waals surface area contributed by atoms with E-state index in [1.807, 2.05) is 14.0 Å². The third-order valence-corrected chi connectivity index (χ3v) is 5.67. The van der Waals surface area contributed by atoms with Gasteiger partial charge in [-0.05, 0) is 33.5 Å². The van der Waals surface area contributed by atoms with Crippen LogP contribution in [0.15, 0.2) is 0 Å². The molecule has 1 heterocycles. The van der Waals surface area contributed by atoms with Crippen molar-refractivity contribution in [3.05, 3.63) is 0 Å². The number of hydrogen-bond acceptors (Lipinski definition) is 4. The van der Waals surface area contributed by atoms with E-state index in [1.165, 1.54) is 4.31 Å². The Kier molecular flexibility index (Phi) is 6.68. The van der Waals surface area contributed by atoms with Crippen LogP contribution in [0.4, 0.5) is 0 Å². The minimum atomic E-state index is -3.29. The van der Waals surface area contributed by atoms with Gasteiger partial charge in [0.2, 0.25) is 0 Å². The first kappa shape index (κ1) is 16.8. The molecular weight excluding hydrogens is 264 g/mol. The van der Waals surface area contributed by atoms with Crippen LogP contribution in [0.25, 0.3) is 0 Å². The summed E-state index contributed by atoms with van der Waals surface area (Å²) in [4.78, 5) is 2.19. The Balaban J connectivity index is 2.50. The molecule has 0 radical (unpaired) electrons. The van der Waals surface area contributed by atoms with Gasteiger partial charge in [0.15, 0.2) is 0 Å². The SMILES string of the molecule is CCNCCCN(C)S(=O)(=O)N1CCN(C)C(C)C1. The summed E-state index contributed by atoms with van der Waals surface area (Å²) < 4.78 is 27.9. The molecule has 1 fully saturated rings. The molecule has 6 nitrogen and oxygen atoms in total. The van der Waals surface area contributed by atoms with Crippen molar-refractivity contribution < 1.29 is 8.42 Å². The zero-order valence-corrected chi connectivity index (χ0v) is 13.4. The quantitative estimate of drug-likeness (QED) is 0.660. The Labute approximate surface area is 117 Å². The molecule has 0 amide bonds. The van der Waals surface area contributed by atoms with Gasteiger partial charge < -0.3 is 10.2 Å². The Morgan fingerprint density at radius 2 is 2.05 bits per heavy atom. The smallest absolute Gasteiger partial charge is 0.281 e. The lowest BCUT2D eigenvalue weighted by Crippen LogP contribution is -2.55. The summed E-state index contributed by atoms with van der Waals surface area (Å²) in [5.41, 5.74) is 0. The molecule has 1 atom stereocenters. The molecule has 1 aliphatic rings. The second kappa shape index (κ2) is 7.54. The molecule has 0 saturated carbocycles. The van der Waals surface area contributed by atoms with E-state index in [0.29, 0.717) is 19.6 Å². The molecule has 1 N–H and O–H groups in total. The Bertz CT molecular complexity index is 361. The number of nitrogens with one attached hydrogen (secondary N) is 1. The molecule has 0 spiro atoms. The lowest BCUT2D eigenvalue weighted by atomic mass is 10.2. The van der Waals surface area contributed by atoms with E-state index < -0.39 is 10.2 Å². The number of rotatable bonds is 7. The normalized spacial score (nSPS) is 23.1. The summed E-state index contributed by atoms with van der Waals surface area (Å²) in [7, 11) is 0.414. The van der Waals surface area contributed by atoms with Gasteiger partial charge in [-0.2, -0.15) is 17.0 Å². The number of piperazine rings is 1. The standard InChI is InChI=1S/C12H28N4O2S/c1-5-13-7-6-8-15(4)19(17,18)16-10-9-14(3)12(2)11-16/h12-13H,5-11H2,1-4H3. The highest BCUT2D eigenvalue weighted by molar-refractivity contribution is 7.86. The first-order valence-electron chi connectivity index (χ1n) is 7.02. The van der Waals surface area contributed by atoms with E-state index >= 15 is 0 Å². The molecule has 19 heavy (non-hydrogen) atoms. The summed E-state index contributed by atoms with van der Waals surface area (Å²) in [5.74, 6) is 0. The molecule has 1 saturated heterocycles. The van der Waals surface area contributed by atoms with Crippen LogP contribution >= 0.6 is 0 Å². The summed E-state index contributed by atoms with van der Waals surface area (Å²) in [6.45, 7) is 8.42. The molecule has 0 aromatic heterocycles. The summed E-state index contributed by atoms with van der Waals surface area (Å²) in [6.07, 6.45) is 0.840. The van der Waals surface area contributed by atoms with Gasteiger partial charge in [-0.3, -0.25) is 0 Å². The van der Waals surface area contributed by atoms with Gasteiger partial charge in [-0.15, -0.1) is 0 Å². The van der Waals surface area contributed by atoms with Crippen LogP contribution in [0.2, 0.25) is 0 Å². The third-order valence-electron chi connectivity index (χ3n) is 3.72. The van der Waals surface area contributed by atoms with Crippen LogP contribution in [0.3, 0.4) is 0 Å². The number of nitrogens with zero attached hydrogens (tertiary/aromatic N) is 3. The second-order valence-corrected chi connectivity index (χ2v) is 7.26. The van der Waals surface area contributed by atoms with Crippen molar-refractivity contribution in [1.29, 1.82) is 0 Å². The van der Waals surface area contributed by atoms with Gasteiger partial charge in [-0.25, -0.2) is 0 Å². The van der Waals surface area contributed by atoms with Crippen molar-refractivity contribution in [2.24, 2.45) is 0 Å². The molecule has 1 rings (SSSR count). The second-order valence-electron chi connectivity index (χ2n) is 5.22. The fraction of sp³-hybridized carbons (Fsp3) is 1.00. The summed E-state index contributed by atoms with van der Waals surface area (Å²) >= 11 is 0.